The molecule has 0 saturated heterocycles. The van der Waals surface area contributed by atoms with Crippen molar-refractivity contribution >= 4 is 11.8 Å². The molecule has 0 radical (unpaired) electrons. The van der Waals surface area contributed by atoms with Gasteiger partial charge in [0.25, 0.3) is 5.91 Å². The molecule has 1 aromatic rings. The predicted molar refractivity (Wildman–Crippen MR) is 74.5 cm³/mol. The van der Waals surface area contributed by atoms with E-state index >= 15 is 0 Å². The van der Waals surface area contributed by atoms with Gasteiger partial charge in [-0.05, 0) is 17.7 Å². The molecule has 2 amide bonds. The van der Waals surface area contributed by atoms with Crippen LogP contribution in [0.25, 0.3) is 0 Å². The van der Waals surface area contributed by atoms with Crippen molar-refractivity contribution in [3.63, 3.8) is 0 Å². The summed E-state index contributed by atoms with van der Waals surface area (Å²) in [7, 11) is 0. The first-order valence-corrected chi connectivity index (χ1v) is 6.74. The van der Waals surface area contributed by atoms with Crippen molar-refractivity contribution in [1.29, 1.82) is 0 Å². The Morgan fingerprint density at radius 2 is 1.83 bits per heavy atom. The van der Waals surface area contributed by atoms with Crippen LogP contribution in [0.4, 0.5) is 17.6 Å². The molecule has 0 fully saturated rings. The monoisotopic (exact) mass is 352 g/mol. The number of amides is 2. The molecule has 134 valence electrons. The molecule has 0 spiro atoms. The van der Waals surface area contributed by atoms with Crippen molar-refractivity contribution in [1.82, 2.24) is 10.8 Å². The number of nitrogens with one attached hydrogen (secondary N) is 2. The summed E-state index contributed by atoms with van der Waals surface area (Å²) in [4.78, 5) is 27.1. The number of hydrogen-bond acceptors (Lipinski definition) is 4. The number of halogens is 4. The van der Waals surface area contributed by atoms with Crippen LogP contribution in [0.1, 0.15) is 12.5 Å². The number of carbonyl (C=O) groups is 2. The summed E-state index contributed by atoms with van der Waals surface area (Å²) in [6.45, 7) is -0.564. The third kappa shape index (κ3) is 6.41. The third-order valence-electron chi connectivity index (χ3n) is 2.83. The smallest absolute Gasteiger partial charge is 0.332 e. The van der Waals surface area contributed by atoms with E-state index in [4.69, 9.17) is 0 Å². The van der Waals surface area contributed by atoms with Gasteiger partial charge in [-0.25, -0.2) is 14.3 Å². The highest BCUT2D eigenvalue weighted by Gasteiger charge is 2.41. The van der Waals surface area contributed by atoms with Gasteiger partial charge in [-0.3, -0.25) is 14.4 Å². The summed E-state index contributed by atoms with van der Waals surface area (Å²) < 4.78 is 49.3. The molecule has 0 aliphatic heterocycles. The number of rotatable bonds is 8. The first-order chi connectivity index (χ1) is 11.1. The molecule has 0 bridgehead atoms. The minimum absolute atomic E-state index is 0.00292. The fourth-order valence-electron chi connectivity index (χ4n) is 1.66. The summed E-state index contributed by atoms with van der Waals surface area (Å²) in [5, 5.41) is 11.5. The van der Waals surface area contributed by atoms with Gasteiger partial charge in [0.2, 0.25) is 5.91 Å². The van der Waals surface area contributed by atoms with E-state index in [-0.39, 0.29) is 12.2 Å². The van der Waals surface area contributed by atoms with E-state index in [1.807, 2.05) is 0 Å². The van der Waals surface area contributed by atoms with E-state index in [9.17, 15) is 32.3 Å². The number of aromatic hydroxyl groups is 1. The zero-order valence-corrected chi connectivity index (χ0v) is 12.6. The number of benzene rings is 1. The number of phenolic OH excluding ortho intramolecular Hbond substituents is 1. The normalized spacial score (nSPS) is 12.8. The first kappa shape index (κ1) is 19.7. The lowest BCUT2D eigenvalue weighted by Crippen LogP contribution is -2.48. The highest BCUT2D eigenvalue weighted by atomic mass is 19.3. The van der Waals surface area contributed by atoms with Gasteiger partial charge in [0.1, 0.15) is 18.4 Å². The van der Waals surface area contributed by atoms with Crippen molar-refractivity contribution in [2.45, 2.75) is 31.7 Å². The van der Waals surface area contributed by atoms with E-state index < -0.39 is 36.8 Å². The molecule has 6 nitrogen and oxygen atoms in total. The maximum absolute atomic E-state index is 12.7. The van der Waals surface area contributed by atoms with Crippen molar-refractivity contribution in [3.05, 3.63) is 29.8 Å². The summed E-state index contributed by atoms with van der Waals surface area (Å²) in [5.41, 5.74) is 2.17. The minimum Gasteiger partial charge on any atom is -0.508 e. The van der Waals surface area contributed by atoms with Crippen LogP contribution >= 0.6 is 0 Å². The van der Waals surface area contributed by atoms with Gasteiger partial charge < -0.3 is 10.4 Å². The van der Waals surface area contributed by atoms with Crippen molar-refractivity contribution in [2.75, 3.05) is 6.61 Å². The van der Waals surface area contributed by atoms with E-state index in [0.29, 0.717) is 5.56 Å². The zero-order chi connectivity index (χ0) is 18.3. The van der Waals surface area contributed by atoms with Gasteiger partial charge in [0.15, 0.2) is 0 Å². The second-order valence-corrected chi connectivity index (χ2v) is 4.94. The number of alkyl halides is 4. The van der Waals surface area contributed by atoms with Crippen LogP contribution in [0, 0.1) is 0 Å². The van der Waals surface area contributed by atoms with Crippen LogP contribution in [0.15, 0.2) is 24.3 Å². The topological polar surface area (TPSA) is 87.7 Å². The molecule has 0 heterocycles. The third-order valence-corrected chi connectivity index (χ3v) is 2.83. The minimum atomic E-state index is -4.41. The number of hydroxylamine groups is 1. The second-order valence-electron chi connectivity index (χ2n) is 4.94. The lowest BCUT2D eigenvalue weighted by atomic mass is 10.1. The largest absolute Gasteiger partial charge is 0.508 e. The van der Waals surface area contributed by atoms with Crippen LogP contribution in [-0.2, 0) is 20.8 Å². The fourth-order valence-corrected chi connectivity index (χ4v) is 1.66. The summed E-state index contributed by atoms with van der Waals surface area (Å²) in [6, 6.07) is 4.52. The molecule has 0 aromatic heterocycles. The summed E-state index contributed by atoms with van der Waals surface area (Å²) >= 11 is 0. The Hall–Kier alpha value is -2.36. The molecule has 0 saturated carbocycles. The molecule has 1 unspecified atom stereocenters. The maximum atomic E-state index is 12.7. The Labute approximate surface area is 134 Å². The molecule has 0 aliphatic rings. The standard InChI is InChI=1S/C14H16F4N2O4/c1-8(21)19-11(6-9-2-4-10(22)5-3-9)12(23)20-24-7-14(17,18)13(15)16/h2-5,11,13,22H,6-7H2,1H3,(H,19,21)(H,20,23). The van der Waals surface area contributed by atoms with Gasteiger partial charge >= 0.3 is 12.3 Å². The lowest BCUT2D eigenvalue weighted by molar-refractivity contribution is -0.184. The highest BCUT2D eigenvalue weighted by molar-refractivity contribution is 5.86. The molecule has 1 aromatic carbocycles. The second kappa shape index (κ2) is 8.48. The Balaban J connectivity index is 2.65. The molecule has 24 heavy (non-hydrogen) atoms. The zero-order valence-electron chi connectivity index (χ0n) is 12.6. The fraction of sp³-hybridized carbons (Fsp3) is 0.429. The average molecular weight is 352 g/mol. The number of phenols is 1. The summed E-state index contributed by atoms with van der Waals surface area (Å²) in [6.07, 6.45) is -3.96. The van der Waals surface area contributed by atoms with Crippen LogP contribution in [-0.4, -0.2) is 41.9 Å². The molecule has 1 atom stereocenters. The van der Waals surface area contributed by atoms with E-state index in [1.54, 1.807) is 5.48 Å². The van der Waals surface area contributed by atoms with Gasteiger partial charge in [-0.1, -0.05) is 12.1 Å². The van der Waals surface area contributed by atoms with Gasteiger partial charge in [-0.15, -0.1) is 0 Å². The van der Waals surface area contributed by atoms with Gasteiger partial charge in [-0.2, -0.15) is 8.78 Å². The Morgan fingerprint density at radius 1 is 1.25 bits per heavy atom. The molecule has 1 rings (SSSR count). The molecule has 3 N–H and O–H groups in total. The molecule has 0 aliphatic carbocycles. The first-order valence-electron chi connectivity index (χ1n) is 6.74. The van der Waals surface area contributed by atoms with Crippen LogP contribution in [0.5, 0.6) is 5.75 Å². The van der Waals surface area contributed by atoms with E-state index in [0.717, 1.165) is 6.92 Å². The Kier molecular flexibility index (Phi) is 6.96. The van der Waals surface area contributed by atoms with Crippen LogP contribution < -0.4 is 10.8 Å². The quantitative estimate of drug-likeness (QED) is 0.487. The Morgan fingerprint density at radius 3 is 2.33 bits per heavy atom. The maximum Gasteiger partial charge on any atom is 0.332 e. The van der Waals surface area contributed by atoms with Gasteiger partial charge in [0.05, 0.1) is 0 Å². The van der Waals surface area contributed by atoms with Crippen LogP contribution in [0.3, 0.4) is 0 Å². The van der Waals surface area contributed by atoms with Gasteiger partial charge in [0, 0.05) is 13.3 Å². The number of carbonyl (C=O) groups excluding carboxylic acids is 2. The van der Waals surface area contributed by atoms with Crippen LogP contribution in [0.2, 0.25) is 0 Å². The SMILES string of the molecule is CC(=O)NC(Cc1ccc(O)cc1)C(=O)NOCC(F)(F)C(F)F. The molecular formula is C14H16F4N2O4. The number of hydrogen-bond donors (Lipinski definition) is 3. The van der Waals surface area contributed by atoms with Crippen molar-refractivity contribution in [2.24, 2.45) is 0 Å². The van der Waals surface area contributed by atoms with E-state index in [2.05, 4.69) is 10.2 Å². The molecule has 10 heteroatoms. The lowest BCUT2D eigenvalue weighted by Gasteiger charge is -2.19. The van der Waals surface area contributed by atoms with Crippen molar-refractivity contribution < 1.29 is 37.1 Å². The summed E-state index contributed by atoms with van der Waals surface area (Å²) in [5.74, 6) is -5.96. The average Bonchev–Trinajstić information content (AvgIpc) is 2.48. The molecular weight excluding hydrogens is 336 g/mol. The highest BCUT2D eigenvalue weighted by Crippen LogP contribution is 2.22. The van der Waals surface area contributed by atoms with E-state index in [1.165, 1.54) is 24.3 Å². The predicted octanol–water partition coefficient (Wildman–Crippen LogP) is 1.39. The Bertz CT molecular complexity index is 566. The van der Waals surface area contributed by atoms with Crippen molar-refractivity contribution in [3.8, 4) is 5.75 Å².